The molecule has 0 saturated carbocycles. The Hall–Kier alpha value is -6.52. The number of ether oxygens (including phenoxy) is 4. The smallest absolute Gasteiger partial charge is 0.260 e. The molecule has 348 valence electrons. The monoisotopic (exact) mass is 942 g/mol. The summed E-state index contributed by atoms with van der Waals surface area (Å²) < 4.78 is 23.8. The lowest BCUT2D eigenvalue weighted by molar-refractivity contribution is -0.120. The van der Waals surface area contributed by atoms with Crippen LogP contribution in [0.15, 0.2) is 91.0 Å². The number of methoxy groups -OCH3 is 2. The van der Waals surface area contributed by atoms with Gasteiger partial charge in [-0.25, -0.2) is 0 Å². The maximum absolute atomic E-state index is 14.1. The molecule has 0 aliphatic carbocycles. The first-order valence-electron chi connectivity index (χ1n) is 22.4. The molecule has 4 heterocycles. The van der Waals surface area contributed by atoms with Gasteiger partial charge in [0.05, 0.1) is 53.6 Å². The standard InChI is InChI=1S/C51H54N6O8S2/c1-51(2,67-66-16-10-15-47(58)52-3)50(61)55-34-18-30(28-64-45-24-39-37(22-43(45)62-4)48(59)56-35(26-53-39)20-32-11-6-8-13-41(32)56)17-31(19-34)29-65-46-25-40-38(23-44(46)63-5)49(60)57-36(27-54-40)21-33-12-7-9-14-42(33)57/h6-9,11-14,17-19,22-25,35-36,53-54H,10,15-16,20-21,26-29H2,1-5H3,(H,52,58)(H,55,61)/t35-,36?/m0/s1. The first kappa shape index (κ1) is 45.6. The van der Waals surface area contributed by atoms with E-state index in [1.165, 1.54) is 10.8 Å². The molecule has 4 amide bonds. The van der Waals surface area contributed by atoms with Crippen LogP contribution in [0.3, 0.4) is 0 Å². The van der Waals surface area contributed by atoms with Gasteiger partial charge >= 0.3 is 0 Å². The average molecular weight is 943 g/mol. The summed E-state index contributed by atoms with van der Waals surface area (Å²) in [6, 6.07) is 28.7. The van der Waals surface area contributed by atoms with E-state index in [0.717, 1.165) is 46.5 Å². The van der Waals surface area contributed by atoms with E-state index in [9.17, 15) is 19.2 Å². The largest absolute Gasteiger partial charge is 0.493 e. The Morgan fingerprint density at radius 1 is 0.716 bits per heavy atom. The van der Waals surface area contributed by atoms with E-state index in [4.69, 9.17) is 18.9 Å². The van der Waals surface area contributed by atoms with Crippen LogP contribution < -0.4 is 50.0 Å². The zero-order valence-corrected chi connectivity index (χ0v) is 39.8. The van der Waals surface area contributed by atoms with E-state index in [0.29, 0.717) is 82.9 Å². The second-order valence-electron chi connectivity index (χ2n) is 17.4. The van der Waals surface area contributed by atoms with E-state index >= 15 is 0 Å². The minimum absolute atomic E-state index is 0.00984. The van der Waals surface area contributed by atoms with Crippen LogP contribution in [0, 0.1) is 0 Å². The molecule has 0 bridgehead atoms. The predicted octanol–water partition coefficient (Wildman–Crippen LogP) is 8.48. The van der Waals surface area contributed by atoms with Crippen molar-refractivity contribution in [3.63, 3.8) is 0 Å². The number of amides is 4. The second-order valence-corrected chi connectivity index (χ2v) is 20.5. The van der Waals surface area contributed by atoms with Gasteiger partial charge in [-0.05, 0) is 97.8 Å². The Kier molecular flexibility index (Phi) is 13.2. The molecule has 5 aromatic rings. The summed E-state index contributed by atoms with van der Waals surface area (Å²) in [7, 11) is 7.73. The molecule has 0 radical (unpaired) electrons. The lowest BCUT2D eigenvalue weighted by atomic mass is 10.1. The van der Waals surface area contributed by atoms with Crippen molar-refractivity contribution in [2.45, 2.75) is 69.6 Å². The number of nitrogens with zero attached hydrogens (tertiary/aromatic N) is 2. The third-order valence-electron chi connectivity index (χ3n) is 12.5. The molecule has 1 unspecified atom stereocenters. The highest BCUT2D eigenvalue weighted by Crippen LogP contribution is 2.43. The van der Waals surface area contributed by atoms with Crippen LogP contribution in [-0.2, 0) is 35.6 Å². The van der Waals surface area contributed by atoms with Crippen LogP contribution in [0.2, 0.25) is 0 Å². The van der Waals surface area contributed by atoms with Crippen molar-refractivity contribution in [2.75, 3.05) is 65.9 Å². The number of carbonyl (C=O) groups excluding carboxylic acids is 4. The Bertz CT molecular complexity index is 2590. The summed E-state index contributed by atoms with van der Waals surface area (Å²) in [5.41, 5.74) is 8.49. The maximum Gasteiger partial charge on any atom is 0.260 e. The van der Waals surface area contributed by atoms with Gasteiger partial charge in [-0.3, -0.25) is 19.2 Å². The molecule has 14 nitrogen and oxygen atoms in total. The Balaban J connectivity index is 0.958. The number of nitrogens with one attached hydrogen (secondary N) is 4. The molecular weight excluding hydrogens is 889 g/mol. The summed E-state index contributed by atoms with van der Waals surface area (Å²) in [6.07, 6.45) is 2.65. The van der Waals surface area contributed by atoms with E-state index in [2.05, 4.69) is 33.4 Å². The van der Waals surface area contributed by atoms with Crippen LogP contribution in [0.1, 0.15) is 69.7 Å². The van der Waals surface area contributed by atoms with Gasteiger partial charge in [-0.1, -0.05) is 58.0 Å². The van der Waals surface area contributed by atoms with Gasteiger partial charge in [0.25, 0.3) is 11.8 Å². The molecule has 5 aromatic carbocycles. The van der Waals surface area contributed by atoms with Crippen molar-refractivity contribution in [3.8, 4) is 23.0 Å². The van der Waals surface area contributed by atoms with Crippen LogP contribution >= 0.6 is 21.6 Å². The highest BCUT2D eigenvalue weighted by Gasteiger charge is 2.39. The zero-order chi connectivity index (χ0) is 46.8. The first-order chi connectivity index (χ1) is 32.4. The van der Waals surface area contributed by atoms with Gasteiger partial charge in [-0.2, -0.15) is 0 Å². The second kappa shape index (κ2) is 19.4. The summed E-state index contributed by atoms with van der Waals surface area (Å²) in [5, 5.41) is 12.8. The van der Waals surface area contributed by atoms with Crippen molar-refractivity contribution < 1.29 is 38.1 Å². The number of rotatable bonds is 16. The minimum atomic E-state index is -0.811. The third kappa shape index (κ3) is 9.41. The van der Waals surface area contributed by atoms with Gasteiger partial charge in [0.15, 0.2) is 23.0 Å². The Labute approximate surface area is 398 Å². The highest BCUT2D eigenvalue weighted by atomic mass is 33.1. The summed E-state index contributed by atoms with van der Waals surface area (Å²) in [4.78, 5) is 57.5. The van der Waals surface area contributed by atoms with Crippen molar-refractivity contribution in [2.24, 2.45) is 0 Å². The number of fused-ring (bicyclic) bond motifs is 8. The fourth-order valence-electron chi connectivity index (χ4n) is 9.07. The quantitative estimate of drug-likeness (QED) is 0.0553. The molecule has 16 heteroatoms. The topological polar surface area (TPSA) is 160 Å². The highest BCUT2D eigenvalue weighted by molar-refractivity contribution is 8.77. The van der Waals surface area contributed by atoms with Gasteiger partial charge < -0.3 is 50.0 Å². The zero-order valence-electron chi connectivity index (χ0n) is 38.2. The number of hydrogen-bond acceptors (Lipinski definition) is 12. The van der Waals surface area contributed by atoms with Crippen molar-refractivity contribution >= 4 is 73.7 Å². The number of carbonyl (C=O) groups is 4. The molecule has 2 atom stereocenters. The van der Waals surface area contributed by atoms with Gasteiger partial charge in [0.1, 0.15) is 13.2 Å². The van der Waals surface area contributed by atoms with Crippen LogP contribution in [0.25, 0.3) is 0 Å². The summed E-state index contributed by atoms with van der Waals surface area (Å²) in [5.74, 6) is 2.02. The summed E-state index contributed by atoms with van der Waals surface area (Å²) in [6.45, 7) is 5.07. The molecule has 0 spiro atoms. The van der Waals surface area contributed by atoms with Crippen LogP contribution in [0.4, 0.5) is 28.4 Å². The van der Waals surface area contributed by atoms with Crippen molar-refractivity contribution in [1.29, 1.82) is 0 Å². The van der Waals surface area contributed by atoms with E-state index in [-0.39, 0.29) is 48.9 Å². The number of hydrogen-bond donors (Lipinski definition) is 4. The average Bonchev–Trinajstić information content (AvgIpc) is 3.83. The van der Waals surface area contributed by atoms with Crippen molar-refractivity contribution in [1.82, 2.24) is 5.32 Å². The van der Waals surface area contributed by atoms with E-state index in [1.54, 1.807) is 44.2 Å². The fourth-order valence-corrected chi connectivity index (χ4v) is 11.6. The SMILES string of the molecule is CNC(=O)CCCSSC(C)(C)C(=O)Nc1cc(COc2cc3c(cc2OC)C(=O)N2c4ccccc4CC2CN3)cc(COc2cc3c(cc2OC)C(=O)N2c4ccccc4C[C@H]2CN3)c1. The van der Waals surface area contributed by atoms with Gasteiger partial charge in [0, 0.05) is 61.5 Å². The van der Waals surface area contributed by atoms with Crippen molar-refractivity contribution in [3.05, 3.63) is 124 Å². The first-order valence-corrected chi connectivity index (χ1v) is 24.7. The number of benzene rings is 5. The van der Waals surface area contributed by atoms with E-state index in [1.807, 2.05) is 90.4 Å². The predicted molar refractivity (Wildman–Crippen MR) is 266 cm³/mol. The minimum Gasteiger partial charge on any atom is -0.493 e. The molecule has 4 aliphatic heterocycles. The van der Waals surface area contributed by atoms with E-state index < -0.39 is 4.75 Å². The lowest BCUT2D eigenvalue weighted by Gasteiger charge is -2.23. The fraction of sp³-hybridized carbons (Fsp3) is 0.333. The van der Waals surface area contributed by atoms with Gasteiger partial charge in [-0.15, -0.1) is 0 Å². The number of anilines is 5. The molecule has 0 fully saturated rings. The molecular formula is C51H54N6O8S2. The molecule has 4 N–H and O–H groups in total. The summed E-state index contributed by atoms with van der Waals surface area (Å²) >= 11 is 0. The molecule has 0 aromatic heterocycles. The number of para-hydroxylation sites is 2. The maximum atomic E-state index is 14.1. The molecule has 67 heavy (non-hydrogen) atoms. The molecule has 9 rings (SSSR count). The molecule has 0 saturated heterocycles. The Morgan fingerprint density at radius 3 is 1.72 bits per heavy atom. The lowest BCUT2D eigenvalue weighted by Crippen LogP contribution is -2.39. The molecule has 4 aliphatic rings. The van der Waals surface area contributed by atoms with Gasteiger partial charge in [0.2, 0.25) is 11.8 Å². The third-order valence-corrected chi connectivity index (χ3v) is 15.8. The van der Waals surface area contributed by atoms with Crippen LogP contribution in [-0.4, -0.2) is 80.6 Å². The normalized spacial score (nSPS) is 16.7. The Morgan fingerprint density at radius 2 is 1.22 bits per heavy atom. The van der Waals surface area contributed by atoms with Crippen LogP contribution in [0.5, 0.6) is 23.0 Å².